The van der Waals surface area contributed by atoms with Gasteiger partial charge in [0.15, 0.2) is 11.5 Å². The maximum atomic E-state index is 13.8. The summed E-state index contributed by atoms with van der Waals surface area (Å²) in [5, 5.41) is 2.90. The molecule has 2 amide bonds. The molecule has 2 heterocycles. The van der Waals surface area contributed by atoms with Crippen LogP contribution in [0.4, 0.5) is 10.1 Å². The van der Waals surface area contributed by atoms with E-state index in [0.717, 1.165) is 11.8 Å². The highest BCUT2D eigenvalue weighted by molar-refractivity contribution is 6.29. The molecule has 0 unspecified atom stereocenters. The third kappa shape index (κ3) is 4.56. The summed E-state index contributed by atoms with van der Waals surface area (Å²) in [4.78, 5) is 31.8. The van der Waals surface area contributed by atoms with E-state index in [0.29, 0.717) is 26.2 Å². The first-order chi connectivity index (χ1) is 12.5. The average Bonchev–Trinajstić information content (AvgIpc) is 2.64. The van der Waals surface area contributed by atoms with E-state index in [1.807, 2.05) is 35.2 Å². The summed E-state index contributed by atoms with van der Waals surface area (Å²) in [5.41, 5.74) is 0.474. The van der Waals surface area contributed by atoms with Gasteiger partial charge in [0.2, 0.25) is 5.91 Å². The van der Waals surface area contributed by atoms with Gasteiger partial charge in [-0.25, -0.2) is 9.37 Å². The number of rotatable bonds is 4. The number of amides is 2. The summed E-state index contributed by atoms with van der Waals surface area (Å²) >= 11 is 5.75. The summed E-state index contributed by atoms with van der Waals surface area (Å²) < 4.78 is 13.8. The first-order valence-electron chi connectivity index (χ1n) is 8.21. The molecular weight excluding hydrogens is 359 g/mol. The van der Waals surface area contributed by atoms with Gasteiger partial charge in [0.25, 0.3) is 5.91 Å². The van der Waals surface area contributed by atoms with E-state index in [1.165, 1.54) is 11.0 Å². The minimum absolute atomic E-state index is 0.0750. The highest BCUT2D eigenvalue weighted by atomic mass is 35.5. The van der Waals surface area contributed by atoms with Gasteiger partial charge in [-0.2, -0.15) is 0 Å². The highest BCUT2D eigenvalue weighted by Gasteiger charge is 2.26. The molecule has 6 nitrogen and oxygen atoms in total. The Morgan fingerprint density at radius 1 is 1.08 bits per heavy atom. The molecule has 0 bridgehead atoms. The van der Waals surface area contributed by atoms with Crippen LogP contribution in [0.5, 0.6) is 0 Å². The normalized spacial score (nSPS) is 14.9. The molecule has 0 saturated carbocycles. The summed E-state index contributed by atoms with van der Waals surface area (Å²) in [6.45, 7) is 2.07. The van der Waals surface area contributed by atoms with Gasteiger partial charge in [-0.1, -0.05) is 29.8 Å². The van der Waals surface area contributed by atoms with Crippen molar-refractivity contribution in [2.45, 2.75) is 0 Å². The fourth-order valence-corrected chi connectivity index (χ4v) is 2.90. The molecule has 2 aromatic rings. The van der Waals surface area contributed by atoms with Crippen LogP contribution >= 0.6 is 11.6 Å². The van der Waals surface area contributed by atoms with E-state index in [2.05, 4.69) is 10.3 Å². The number of anilines is 1. The average molecular weight is 377 g/mol. The van der Waals surface area contributed by atoms with Crippen molar-refractivity contribution in [3.8, 4) is 0 Å². The number of nitrogens with one attached hydrogen (secondary N) is 1. The van der Waals surface area contributed by atoms with Gasteiger partial charge in [-0.3, -0.25) is 14.5 Å². The fourth-order valence-electron chi connectivity index (χ4n) is 2.75. The first kappa shape index (κ1) is 18.3. The predicted molar refractivity (Wildman–Crippen MR) is 96.6 cm³/mol. The number of pyridine rings is 1. The lowest BCUT2D eigenvalue weighted by Gasteiger charge is -2.34. The number of piperazine rings is 1. The smallest absolute Gasteiger partial charge is 0.275 e. The van der Waals surface area contributed by atoms with Crippen LogP contribution in [0.1, 0.15) is 10.5 Å². The molecular formula is C18H18ClFN4O2. The zero-order valence-electron chi connectivity index (χ0n) is 14.0. The first-order valence-corrected chi connectivity index (χ1v) is 8.59. The Bertz CT molecular complexity index is 795. The molecule has 1 N–H and O–H groups in total. The number of nitrogens with zero attached hydrogens (tertiary/aromatic N) is 3. The molecule has 1 aromatic heterocycles. The van der Waals surface area contributed by atoms with Gasteiger partial charge in [0.1, 0.15) is 5.15 Å². The van der Waals surface area contributed by atoms with Gasteiger partial charge in [-0.15, -0.1) is 0 Å². The molecule has 3 rings (SSSR count). The summed E-state index contributed by atoms with van der Waals surface area (Å²) in [6, 6.07) is 11.7. The second kappa shape index (κ2) is 8.25. The molecule has 26 heavy (non-hydrogen) atoms. The zero-order valence-corrected chi connectivity index (χ0v) is 14.7. The number of aromatic nitrogens is 1. The molecule has 1 aliphatic heterocycles. The number of hydrogen-bond acceptors (Lipinski definition) is 4. The predicted octanol–water partition coefficient (Wildman–Crippen LogP) is 2.27. The molecule has 136 valence electrons. The lowest BCUT2D eigenvalue weighted by atomic mass is 10.2. The zero-order chi connectivity index (χ0) is 18.5. The van der Waals surface area contributed by atoms with Crippen LogP contribution in [-0.2, 0) is 4.79 Å². The van der Waals surface area contributed by atoms with Crippen molar-refractivity contribution in [2.24, 2.45) is 0 Å². The van der Waals surface area contributed by atoms with E-state index < -0.39 is 11.7 Å². The number of benzene rings is 1. The standard InChI is InChI=1S/C18H18ClFN4O2/c19-15-7-6-14(20)17(22-15)18(26)24-10-8-23(9-11-24)12-16(25)21-13-4-2-1-3-5-13/h1-7H,8-12H2,(H,21,25). The molecule has 0 radical (unpaired) electrons. The molecule has 1 saturated heterocycles. The van der Waals surface area contributed by atoms with E-state index in [1.54, 1.807) is 0 Å². The third-order valence-corrected chi connectivity index (χ3v) is 4.31. The van der Waals surface area contributed by atoms with Crippen molar-refractivity contribution in [1.29, 1.82) is 0 Å². The van der Waals surface area contributed by atoms with Crippen molar-refractivity contribution in [1.82, 2.24) is 14.8 Å². The number of carbonyl (C=O) groups excluding carboxylic acids is 2. The van der Waals surface area contributed by atoms with Crippen molar-refractivity contribution < 1.29 is 14.0 Å². The van der Waals surface area contributed by atoms with Crippen LogP contribution in [0.25, 0.3) is 0 Å². The van der Waals surface area contributed by atoms with E-state index in [9.17, 15) is 14.0 Å². The SMILES string of the molecule is O=C(CN1CCN(C(=O)c2nc(Cl)ccc2F)CC1)Nc1ccccc1. The molecule has 1 aliphatic rings. The van der Waals surface area contributed by atoms with Crippen LogP contribution in [0, 0.1) is 5.82 Å². The summed E-state index contributed by atoms with van der Waals surface area (Å²) in [6.07, 6.45) is 0. The maximum Gasteiger partial charge on any atom is 0.275 e. The quantitative estimate of drug-likeness (QED) is 0.831. The molecule has 0 atom stereocenters. The van der Waals surface area contributed by atoms with E-state index >= 15 is 0 Å². The Kier molecular flexibility index (Phi) is 5.80. The number of hydrogen-bond donors (Lipinski definition) is 1. The maximum absolute atomic E-state index is 13.8. The summed E-state index contributed by atoms with van der Waals surface area (Å²) in [7, 11) is 0. The van der Waals surface area contributed by atoms with E-state index in [-0.39, 0.29) is 23.3 Å². The number of carbonyl (C=O) groups is 2. The Hall–Kier alpha value is -2.51. The monoisotopic (exact) mass is 376 g/mol. The summed E-state index contributed by atoms with van der Waals surface area (Å²) in [5.74, 6) is -1.29. The van der Waals surface area contributed by atoms with Gasteiger partial charge in [-0.05, 0) is 24.3 Å². The topological polar surface area (TPSA) is 65.5 Å². The fraction of sp³-hybridized carbons (Fsp3) is 0.278. The van der Waals surface area contributed by atoms with Crippen molar-refractivity contribution in [2.75, 3.05) is 38.0 Å². The Morgan fingerprint density at radius 2 is 1.77 bits per heavy atom. The minimum Gasteiger partial charge on any atom is -0.335 e. The van der Waals surface area contributed by atoms with Gasteiger partial charge in [0.05, 0.1) is 6.54 Å². The second-order valence-corrected chi connectivity index (χ2v) is 6.33. The molecule has 0 aliphatic carbocycles. The van der Waals surface area contributed by atoms with Gasteiger partial charge >= 0.3 is 0 Å². The number of para-hydroxylation sites is 1. The van der Waals surface area contributed by atoms with Crippen LogP contribution in [0.3, 0.4) is 0 Å². The number of halogens is 2. The molecule has 1 aromatic carbocycles. The second-order valence-electron chi connectivity index (χ2n) is 5.95. The van der Waals surface area contributed by atoms with Gasteiger partial charge < -0.3 is 10.2 Å². The van der Waals surface area contributed by atoms with Crippen molar-refractivity contribution >= 4 is 29.1 Å². The molecule has 1 fully saturated rings. The van der Waals surface area contributed by atoms with Gasteiger partial charge in [0, 0.05) is 31.9 Å². The van der Waals surface area contributed by atoms with Crippen LogP contribution in [0.15, 0.2) is 42.5 Å². The molecule has 8 heteroatoms. The largest absolute Gasteiger partial charge is 0.335 e. The van der Waals surface area contributed by atoms with E-state index in [4.69, 9.17) is 11.6 Å². The lowest BCUT2D eigenvalue weighted by molar-refractivity contribution is -0.117. The highest BCUT2D eigenvalue weighted by Crippen LogP contribution is 2.14. The van der Waals surface area contributed by atoms with Crippen molar-refractivity contribution in [3.05, 3.63) is 59.1 Å². The van der Waals surface area contributed by atoms with Crippen LogP contribution in [0.2, 0.25) is 5.15 Å². The van der Waals surface area contributed by atoms with Crippen LogP contribution < -0.4 is 5.32 Å². The Morgan fingerprint density at radius 3 is 2.46 bits per heavy atom. The lowest BCUT2D eigenvalue weighted by Crippen LogP contribution is -2.50. The van der Waals surface area contributed by atoms with Crippen molar-refractivity contribution in [3.63, 3.8) is 0 Å². The molecule has 0 spiro atoms. The third-order valence-electron chi connectivity index (χ3n) is 4.10. The van der Waals surface area contributed by atoms with Crippen LogP contribution in [-0.4, -0.2) is 59.3 Å². The Labute approximate surface area is 155 Å². The Balaban J connectivity index is 1.51. The minimum atomic E-state index is -0.691.